The average Bonchev–Trinajstić information content (AvgIpc) is 3.21. The van der Waals surface area contributed by atoms with Gasteiger partial charge in [0.25, 0.3) is 0 Å². The smallest absolute Gasteiger partial charge is 0.329 e. The van der Waals surface area contributed by atoms with E-state index in [2.05, 4.69) is 33.5 Å². The number of nitrogens with one attached hydrogen (secondary N) is 5. The molecule has 0 saturated carbocycles. The first-order valence-electron chi connectivity index (χ1n) is 21.6. The number of rotatable bonds is 22. The number of nitrogens with zero attached hydrogens (tertiary/aromatic N) is 1. The molecule has 6 amide bonds. The highest BCUT2D eigenvalue weighted by molar-refractivity contribution is 5.95. The summed E-state index contributed by atoms with van der Waals surface area (Å²) in [6.07, 6.45) is 9.31. The molecule has 2 rings (SSSR count). The van der Waals surface area contributed by atoms with E-state index in [0.717, 1.165) is 38.2 Å². The van der Waals surface area contributed by atoms with Gasteiger partial charge in [-0.25, -0.2) is 4.79 Å². The Labute approximate surface area is 365 Å². The molecule has 346 valence electrons. The maximum absolute atomic E-state index is 13.7. The molecule has 0 aromatic heterocycles. The Morgan fingerprint density at radius 1 is 0.887 bits per heavy atom. The largest absolute Gasteiger partial charge is 0.508 e. The topological polar surface area (TPSA) is 253 Å². The predicted octanol–water partition coefficient (Wildman–Crippen LogP) is 1.93. The molecule has 0 fully saturated rings. The van der Waals surface area contributed by atoms with E-state index in [1.54, 1.807) is 59.8 Å². The minimum absolute atomic E-state index is 0.0166. The fraction of sp³-hybridized carbons (Fsp3) is 0.622. The van der Waals surface area contributed by atoms with Crippen molar-refractivity contribution >= 4 is 41.4 Å². The first-order valence-corrected chi connectivity index (χ1v) is 21.6. The second kappa shape index (κ2) is 26.9. The lowest BCUT2D eigenvalue weighted by atomic mass is 9.99. The number of aliphatic hydroxyl groups excluding tert-OH is 2. The van der Waals surface area contributed by atoms with E-state index in [0.29, 0.717) is 5.56 Å². The molecule has 1 heterocycles. The number of hydrogen-bond acceptors (Lipinski definition) is 11. The number of amides is 6. The molecule has 1 aliphatic rings. The molecular weight excluding hydrogens is 801 g/mol. The SMILES string of the molecule is CCCCCCC=CCC(=O)N[C@H](C(=O)N[C@@H](CO)[C@@H](O)CC(=O)N[C@H](C(=O)N[C@@H]1C=CC(=O)N[C@@H](C(C)C)C(=O)N(C)[C@@H](Cc2ccc(O)cc2)C(=O)OC1)C(C)C)C(C)C. The van der Waals surface area contributed by atoms with Crippen molar-refractivity contribution in [3.05, 3.63) is 54.1 Å². The molecule has 1 aliphatic heterocycles. The van der Waals surface area contributed by atoms with Crippen LogP contribution in [0.3, 0.4) is 0 Å². The summed E-state index contributed by atoms with van der Waals surface area (Å²) in [5, 5.41) is 44.0. The van der Waals surface area contributed by atoms with Crippen molar-refractivity contribution in [2.24, 2.45) is 17.8 Å². The third kappa shape index (κ3) is 18.0. The summed E-state index contributed by atoms with van der Waals surface area (Å²) in [5.74, 6) is -5.64. The Morgan fingerprint density at radius 3 is 2.11 bits per heavy atom. The van der Waals surface area contributed by atoms with E-state index in [4.69, 9.17) is 4.74 Å². The molecule has 8 N–H and O–H groups in total. The van der Waals surface area contributed by atoms with E-state index in [1.165, 1.54) is 30.2 Å². The molecule has 7 atom stereocenters. The maximum atomic E-state index is 13.7. The Morgan fingerprint density at radius 2 is 1.52 bits per heavy atom. The van der Waals surface area contributed by atoms with Crippen LogP contribution in [0.1, 0.15) is 99.0 Å². The Balaban J connectivity index is 2.15. The molecule has 17 heteroatoms. The lowest BCUT2D eigenvalue weighted by Gasteiger charge is -2.32. The molecule has 17 nitrogen and oxygen atoms in total. The summed E-state index contributed by atoms with van der Waals surface area (Å²) in [5.41, 5.74) is 0.621. The number of carbonyl (C=O) groups is 7. The second-order valence-electron chi connectivity index (χ2n) is 16.8. The Bertz CT molecular complexity index is 1700. The van der Waals surface area contributed by atoms with Crippen LogP contribution in [0.15, 0.2) is 48.6 Å². The zero-order valence-corrected chi connectivity index (χ0v) is 37.5. The van der Waals surface area contributed by atoms with E-state index < -0.39 is 103 Å². The van der Waals surface area contributed by atoms with E-state index >= 15 is 0 Å². The molecule has 0 spiro atoms. The highest BCUT2D eigenvalue weighted by Crippen LogP contribution is 2.18. The number of hydrogen-bond donors (Lipinski definition) is 8. The van der Waals surface area contributed by atoms with Gasteiger partial charge in [-0.05, 0) is 48.3 Å². The van der Waals surface area contributed by atoms with Gasteiger partial charge in [-0.3, -0.25) is 28.8 Å². The summed E-state index contributed by atoms with van der Waals surface area (Å²) in [6, 6.07) is -0.567. The van der Waals surface area contributed by atoms with Gasteiger partial charge in [-0.2, -0.15) is 0 Å². The van der Waals surface area contributed by atoms with E-state index in [-0.39, 0.29) is 36.3 Å². The van der Waals surface area contributed by atoms with E-state index in [1.807, 2.05) is 6.08 Å². The summed E-state index contributed by atoms with van der Waals surface area (Å²) in [7, 11) is 1.43. The van der Waals surface area contributed by atoms with Gasteiger partial charge in [0.1, 0.15) is 36.5 Å². The minimum atomic E-state index is -1.58. The Hall–Kier alpha value is -5.29. The van der Waals surface area contributed by atoms with Crippen molar-refractivity contribution in [1.82, 2.24) is 31.5 Å². The quantitative estimate of drug-likeness (QED) is 0.0475. The van der Waals surface area contributed by atoms with Gasteiger partial charge in [0.15, 0.2) is 0 Å². The fourth-order valence-corrected chi connectivity index (χ4v) is 6.61. The first kappa shape index (κ1) is 52.8. The van der Waals surface area contributed by atoms with Crippen molar-refractivity contribution in [3.63, 3.8) is 0 Å². The van der Waals surface area contributed by atoms with E-state index in [9.17, 15) is 48.9 Å². The first-order chi connectivity index (χ1) is 29.3. The highest BCUT2D eigenvalue weighted by Gasteiger charge is 2.36. The number of carbonyl (C=O) groups excluding carboxylic acids is 7. The molecule has 0 bridgehead atoms. The van der Waals surface area contributed by atoms with Crippen LogP contribution >= 0.6 is 0 Å². The number of aliphatic hydroxyl groups is 2. The number of esters is 1. The number of phenolic OH excluding ortho intramolecular Hbond substituents is 1. The van der Waals surface area contributed by atoms with Crippen LogP contribution in [0.5, 0.6) is 5.75 Å². The monoisotopic (exact) mass is 871 g/mol. The molecule has 1 aromatic rings. The fourth-order valence-electron chi connectivity index (χ4n) is 6.61. The number of unbranched alkanes of at least 4 members (excludes halogenated alkanes) is 4. The number of aromatic hydroxyl groups is 1. The van der Waals surface area contributed by atoms with Gasteiger partial charge in [-0.1, -0.05) is 98.1 Å². The highest BCUT2D eigenvalue weighted by atomic mass is 16.5. The van der Waals surface area contributed by atoms with Crippen molar-refractivity contribution in [1.29, 1.82) is 0 Å². The molecule has 1 aromatic carbocycles. The third-order valence-corrected chi connectivity index (χ3v) is 10.5. The summed E-state index contributed by atoms with van der Waals surface area (Å²) >= 11 is 0. The van der Waals surface area contributed by atoms with Crippen LogP contribution in [0.2, 0.25) is 0 Å². The molecular formula is C45H70N6O11. The van der Waals surface area contributed by atoms with Crippen LogP contribution in [-0.2, 0) is 44.7 Å². The van der Waals surface area contributed by atoms with Gasteiger partial charge < -0.3 is 51.5 Å². The van der Waals surface area contributed by atoms with Crippen molar-refractivity contribution in [2.45, 2.75) is 142 Å². The van der Waals surface area contributed by atoms with Crippen LogP contribution in [0.4, 0.5) is 0 Å². The second-order valence-corrected chi connectivity index (χ2v) is 16.8. The van der Waals surface area contributed by atoms with Crippen molar-refractivity contribution in [2.75, 3.05) is 20.3 Å². The number of benzene rings is 1. The van der Waals surface area contributed by atoms with Crippen molar-refractivity contribution < 1.29 is 53.6 Å². The third-order valence-electron chi connectivity index (χ3n) is 10.5. The number of phenols is 1. The van der Waals surface area contributed by atoms with Gasteiger partial charge in [0.2, 0.25) is 35.4 Å². The summed E-state index contributed by atoms with van der Waals surface area (Å²) in [4.78, 5) is 94.3. The molecule has 0 saturated heterocycles. The maximum Gasteiger partial charge on any atom is 0.329 e. The lowest BCUT2D eigenvalue weighted by Crippen LogP contribution is -2.57. The minimum Gasteiger partial charge on any atom is -0.508 e. The molecule has 0 radical (unpaired) electrons. The summed E-state index contributed by atoms with van der Waals surface area (Å²) in [6.45, 7) is 11.2. The van der Waals surface area contributed by atoms with Gasteiger partial charge in [0, 0.05) is 26.0 Å². The molecule has 0 aliphatic carbocycles. The lowest BCUT2D eigenvalue weighted by molar-refractivity contribution is -0.156. The normalized spacial score (nSPS) is 19.5. The zero-order valence-electron chi connectivity index (χ0n) is 37.5. The Kier molecular flexibility index (Phi) is 22.9. The zero-order chi connectivity index (χ0) is 46.5. The average molecular weight is 871 g/mol. The standard InChI is InChI=1S/C45H70N6O11/c1-9-10-11-12-13-14-15-16-36(55)48-40(28(4)5)43(59)47-33(25-52)35(54)24-38(57)50-39(27(2)3)42(58)46-31-19-22-37(56)49-41(29(6)7)44(60)51(8)34(45(61)62-26-31)23-30-17-20-32(53)21-18-30/h14-15,17-22,27-29,31,33-35,39-41,52-54H,9-13,16,23-26H2,1-8H3,(H,46,58)(H,47,59)(H,48,55)(H,49,56)(H,50,57)/t31-,33+,34+,35+,39+,40+,41+/m1/s1. The van der Waals surface area contributed by atoms with Crippen molar-refractivity contribution in [3.8, 4) is 5.75 Å². The number of ether oxygens (including phenoxy) is 1. The molecule has 0 unspecified atom stereocenters. The number of likely N-dealkylation sites (N-methyl/N-ethyl adjacent to an activating group) is 1. The van der Waals surface area contributed by atoms with Gasteiger partial charge >= 0.3 is 5.97 Å². The summed E-state index contributed by atoms with van der Waals surface area (Å²) < 4.78 is 5.64. The number of cyclic esters (lactones) is 1. The van der Waals surface area contributed by atoms with Crippen LogP contribution in [0.25, 0.3) is 0 Å². The van der Waals surface area contributed by atoms with Crippen LogP contribution in [0, 0.1) is 17.8 Å². The van der Waals surface area contributed by atoms with Gasteiger partial charge in [0.05, 0.1) is 31.2 Å². The predicted molar refractivity (Wildman–Crippen MR) is 233 cm³/mol. The van der Waals surface area contributed by atoms with Crippen LogP contribution < -0.4 is 26.6 Å². The molecule has 62 heavy (non-hydrogen) atoms. The van der Waals surface area contributed by atoms with Crippen LogP contribution in [-0.4, -0.2) is 124 Å². The number of allylic oxidation sites excluding steroid dienone is 1. The van der Waals surface area contributed by atoms with Gasteiger partial charge in [-0.15, -0.1) is 0 Å².